The van der Waals surface area contributed by atoms with Gasteiger partial charge in [0.1, 0.15) is 29.9 Å². The molecule has 4 amide bonds. The second-order valence-corrected chi connectivity index (χ2v) is 19.2. The van der Waals surface area contributed by atoms with Crippen molar-refractivity contribution in [3.8, 4) is 17.6 Å². The Morgan fingerprint density at radius 3 is 2.16 bits per heavy atom. The summed E-state index contributed by atoms with van der Waals surface area (Å²) in [6.45, 7) is 2.58. The lowest BCUT2D eigenvalue weighted by Gasteiger charge is -2.46. The van der Waals surface area contributed by atoms with Crippen LogP contribution in [0.25, 0.3) is 0 Å². The number of anilines is 1. The number of allylic oxidation sites excluding steroid dienone is 2. The molecular weight excluding hydrogens is 877 g/mol. The summed E-state index contributed by atoms with van der Waals surface area (Å²) in [5.74, 6) is 4.31. The van der Waals surface area contributed by atoms with Crippen molar-refractivity contribution in [2.24, 2.45) is 5.92 Å². The van der Waals surface area contributed by atoms with Gasteiger partial charge in [0.25, 0.3) is 0 Å². The minimum absolute atomic E-state index is 0.0183. The number of carbonyl (C=O) groups is 4. The predicted octanol–water partition coefficient (Wildman–Crippen LogP) is 9.84. The summed E-state index contributed by atoms with van der Waals surface area (Å²) in [6.07, 6.45) is 9.82. The second-order valence-electron chi connectivity index (χ2n) is 19.2. The quantitative estimate of drug-likeness (QED) is 0.111. The van der Waals surface area contributed by atoms with E-state index in [0.717, 1.165) is 80.1 Å². The van der Waals surface area contributed by atoms with E-state index in [2.05, 4.69) is 28.1 Å². The maximum Gasteiger partial charge on any atom is 0.329 e. The van der Waals surface area contributed by atoms with Crippen molar-refractivity contribution in [2.75, 3.05) is 31.2 Å². The molecule has 1 spiro atoms. The van der Waals surface area contributed by atoms with Crippen LogP contribution >= 0.6 is 0 Å². The highest BCUT2D eigenvalue weighted by molar-refractivity contribution is 6.24. The van der Waals surface area contributed by atoms with E-state index in [4.69, 9.17) is 9.47 Å². The van der Waals surface area contributed by atoms with Gasteiger partial charge >= 0.3 is 12.0 Å². The number of aliphatic hydroxyl groups is 1. The molecule has 5 aromatic rings. The van der Waals surface area contributed by atoms with E-state index < -0.39 is 59.5 Å². The van der Waals surface area contributed by atoms with Crippen LogP contribution in [0.5, 0.6) is 5.75 Å². The van der Waals surface area contributed by atoms with Crippen molar-refractivity contribution in [3.63, 3.8) is 0 Å². The minimum Gasteiger partial charge on any atom is -0.491 e. The topological polar surface area (TPSA) is 129 Å². The Bertz CT molecular complexity index is 2820. The van der Waals surface area contributed by atoms with Crippen molar-refractivity contribution < 1.29 is 33.8 Å². The molecule has 70 heavy (non-hydrogen) atoms. The Kier molecular flexibility index (Phi) is 13.7. The number of esters is 1. The maximum atomic E-state index is 16.9. The summed E-state index contributed by atoms with van der Waals surface area (Å²) in [4.78, 5) is 69.2. The number of amides is 4. The molecule has 4 aliphatic heterocycles. The number of morpholine rings is 1. The van der Waals surface area contributed by atoms with Crippen LogP contribution in [0.3, 0.4) is 0 Å². The van der Waals surface area contributed by atoms with Crippen LogP contribution in [-0.4, -0.2) is 71.1 Å². The molecule has 358 valence electrons. The van der Waals surface area contributed by atoms with Gasteiger partial charge in [-0.25, -0.2) is 9.69 Å². The molecule has 5 aromatic carbocycles. The molecule has 0 saturated carbocycles. The molecule has 11 heteroatoms. The first-order chi connectivity index (χ1) is 34.3. The summed E-state index contributed by atoms with van der Waals surface area (Å²) in [5, 5.41) is 13.0. The third-order valence-corrected chi connectivity index (χ3v) is 14.9. The number of benzene rings is 5. The maximum absolute atomic E-state index is 16.9. The third kappa shape index (κ3) is 8.69. The molecule has 0 unspecified atom stereocenters. The lowest BCUT2D eigenvalue weighted by Crippen LogP contribution is -2.57. The van der Waals surface area contributed by atoms with Crippen molar-refractivity contribution in [1.82, 2.24) is 15.1 Å². The van der Waals surface area contributed by atoms with E-state index in [-0.39, 0.29) is 19.1 Å². The average molecular weight is 937 g/mol. The van der Waals surface area contributed by atoms with E-state index in [1.165, 1.54) is 4.90 Å². The molecule has 7 atom stereocenters. The second kappa shape index (κ2) is 20.5. The number of aliphatic hydroxyl groups excluding tert-OH is 1. The zero-order chi connectivity index (χ0) is 48.2. The zero-order valence-corrected chi connectivity index (χ0v) is 39.7. The monoisotopic (exact) mass is 936 g/mol. The van der Waals surface area contributed by atoms with Crippen LogP contribution in [0, 0.1) is 17.8 Å². The number of ether oxygens (including phenoxy) is 2. The van der Waals surface area contributed by atoms with Gasteiger partial charge in [-0.3, -0.25) is 19.3 Å². The standard InChI is InChI=1S/C59H60N4O7/c1-40(43-22-11-6-12-23-43)60-58(68)62-49-33-32-42(31-30-41-20-9-5-10-21-41)38-48(49)59(57(62)67)50(55(65)61-34-17-3-2-4-18-35-61)52-56(66)70-53(45-26-15-8-16-27-45)51(44-24-13-7-14-25-44)63(52)54(59)46-28-19-29-47(39-46)69-37-36-64/h6-8,11-16,19-20,22-29,32-33,38-40,50-54,64H,2-5,9-10,17-18,21,34-37H2,1H3,(H,60,68)/t40-,50+,51+,52+,53-,54-,59+/m1/s1. The molecule has 2 N–H and O–H groups in total. The van der Waals surface area contributed by atoms with Crippen molar-refractivity contribution in [2.45, 2.75) is 100 Å². The number of nitrogens with one attached hydrogen (secondary N) is 1. The van der Waals surface area contributed by atoms with Crippen LogP contribution in [0.4, 0.5) is 10.5 Å². The number of nitrogens with zero attached hydrogens (tertiary/aromatic N) is 3. The fourth-order valence-electron chi connectivity index (χ4n) is 11.7. The van der Waals surface area contributed by atoms with Gasteiger partial charge in [-0.2, -0.15) is 0 Å². The van der Waals surface area contributed by atoms with E-state index in [1.54, 1.807) is 12.1 Å². The fourth-order valence-corrected chi connectivity index (χ4v) is 11.7. The van der Waals surface area contributed by atoms with Crippen molar-refractivity contribution in [1.29, 1.82) is 0 Å². The Balaban J connectivity index is 1.27. The number of fused-ring (bicyclic) bond motifs is 3. The first-order valence-electron chi connectivity index (χ1n) is 25.1. The molecule has 3 saturated heterocycles. The molecule has 4 heterocycles. The van der Waals surface area contributed by atoms with Crippen LogP contribution in [0.2, 0.25) is 0 Å². The average Bonchev–Trinajstić information content (AvgIpc) is 3.84. The molecular formula is C59H60N4O7. The van der Waals surface area contributed by atoms with Crippen LogP contribution < -0.4 is 15.0 Å². The number of hydrogen-bond acceptors (Lipinski definition) is 8. The van der Waals surface area contributed by atoms with Gasteiger partial charge in [0.05, 0.1) is 36.3 Å². The fraction of sp³-hybridized carbons (Fsp3) is 0.356. The predicted molar refractivity (Wildman–Crippen MR) is 267 cm³/mol. The first-order valence-corrected chi connectivity index (χ1v) is 25.1. The Labute approximate surface area is 410 Å². The summed E-state index contributed by atoms with van der Waals surface area (Å²) in [5.41, 5.74) is 3.51. The zero-order valence-electron chi connectivity index (χ0n) is 39.7. The number of imide groups is 1. The number of urea groups is 1. The molecule has 0 radical (unpaired) electrons. The summed E-state index contributed by atoms with van der Waals surface area (Å²) in [7, 11) is 0. The molecule has 1 aliphatic carbocycles. The highest BCUT2D eigenvalue weighted by Crippen LogP contribution is 2.66. The Hall–Kier alpha value is -7.00. The largest absolute Gasteiger partial charge is 0.491 e. The highest BCUT2D eigenvalue weighted by Gasteiger charge is 2.76. The molecule has 11 nitrogen and oxygen atoms in total. The molecule has 10 rings (SSSR count). The van der Waals surface area contributed by atoms with E-state index in [0.29, 0.717) is 41.2 Å². The number of hydrogen-bond donors (Lipinski definition) is 2. The Morgan fingerprint density at radius 1 is 0.771 bits per heavy atom. The lowest BCUT2D eigenvalue weighted by molar-refractivity contribution is -0.179. The highest BCUT2D eigenvalue weighted by atomic mass is 16.6. The molecule has 5 aliphatic rings. The number of rotatable bonds is 9. The molecule has 0 aromatic heterocycles. The SMILES string of the molecule is C[C@@H](NC(=O)N1C(=O)[C@@]2(c3cc(C#CC4=CCCCC4)ccc31)[C@H](C(=O)N1CCCCCCC1)[C@H]1C(=O)O[C@H](c3ccccc3)[C@H](c3ccccc3)N1[C@@H]2c1cccc(OCCO)c1)c1ccccc1. The van der Waals surface area contributed by atoms with Gasteiger partial charge in [-0.1, -0.05) is 140 Å². The van der Waals surface area contributed by atoms with Gasteiger partial charge in [-0.15, -0.1) is 0 Å². The summed E-state index contributed by atoms with van der Waals surface area (Å²) in [6, 6.07) is 37.6. The molecule has 3 fully saturated rings. The van der Waals surface area contributed by atoms with Crippen LogP contribution in [-0.2, 0) is 24.5 Å². The normalized spacial score (nSPS) is 24.8. The van der Waals surface area contributed by atoms with E-state index in [1.807, 2.05) is 133 Å². The number of carbonyl (C=O) groups excluding carboxylic acids is 4. The minimum atomic E-state index is -1.91. The van der Waals surface area contributed by atoms with Crippen molar-refractivity contribution >= 4 is 29.5 Å². The van der Waals surface area contributed by atoms with Crippen LogP contribution in [0.1, 0.15) is 122 Å². The smallest absolute Gasteiger partial charge is 0.329 e. The van der Waals surface area contributed by atoms with Gasteiger partial charge < -0.3 is 24.8 Å². The van der Waals surface area contributed by atoms with Gasteiger partial charge in [0.15, 0.2) is 0 Å². The van der Waals surface area contributed by atoms with Gasteiger partial charge in [-0.05, 0) is 109 Å². The summed E-state index contributed by atoms with van der Waals surface area (Å²) >= 11 is 0. The number of cyclic esters (lactones) is 1. The van der Waals surface area contributed by atoms with E-state index >= 15 is 19.2 Å². The van der Waals surface area contributed by atoms with Crippen LogP contribution in [0.15, 0.2) is 145 Å². The first kappa shape index (κ1) is 46.7. The van der Waals surface area contributed by atoms with Gasteiger partial charge in [0.2, 0.25) is 11.8 Å². The number of likely N-dealkylation sites (tertiary alicyclic amines) is 1. The lowest BCUT2D eigenvalue weighted by atomic mass is 9.64. The summed E-state index contributed by atoms with van der Waals surface area (Å²) < 4.78 is 12.8. The van der Waals surface area contributed by atoms with E-state index in [9.17, 15) is 5.11 Å². The van der Waals surface area contributed by atoms with Crippen molar-refractivity contribution in [3.05, 3.63) is 178 Å². The third-order valence-electron chi connectivity index (χ3n) is 14.9. The van der Waals surface area contributed by atoms with Gasteiger partial charge in [0, 0.05) is 18.7 Å². The molecule has 0 bridgehead atoms. The Morgan fingerprint density at radius 2 is 1.46 bits per heavy atom.